The standard InChI is InChI=1S/C14H16BrCl2NO3/c1-14(2,3)21-11(20)7-6-10(19)18-9-5-4-8(15)12(16)13(9)17/h4-5H,6-7H2,1-3H3,(H,18,19). The predicted molar refractivity (Wildman–Crippen MR) is 87.9 cm³/mol. The molecule has 0 atom stereocenters. The van der Waals surface area contributed by atoms with E-state index >= 15 is 0 Å². The molecule has 1 amide bonds. The molecule has 116 valence electrons. The van der Waals surface area contributed by atoms with E-state index in [4.69, 9.17) is 27.9 Å². The molecule has 0 aliphatic carbocycles. The minimum atomic E-state index is -0.559. The Balaban J connectivity index is 2.55. The molecule has 0 saturated heterocycles. The molecule has 7 heteroatoms. The molecule has 0 saturated carbocycles. The number of esters is 1. The SMILES string of the molecule is CC(C)(C)OC(=O)CCC(=O)Nc1ccc(Br)c(Cl)c1Cl. The van der Waals surface area contributed by atoms with Gasteiger partial charge in [-0.2, -0.15) is 0 Å². The van der Waals surface area contributed by atoms with Gasteiger partial charge in [-0.3, -0.25) is 9.59 Å². The quantitative estimate of drug-likeness (QED) is 0.586. The van der Waals surface area contributed by atoms with E-state index < -0.39 is 11.6 Å². The van der Waals surface area contributed by atoms with Crippen molar-refractivity contribution >= 4 is 56.7 Å². The number of benzene rings is 1. The topological polar surface area (TPSA) is 55.4 Å². The van der Waals surface area contributed by atoms with Crippen molar-refractivity contribution in [1.29, 1.82) is 0 Å². The van der Waals surface area contributed by atoms with Crippen molar-refractivity contribution in [3.63, 3.8) is 0 Å². The van der Waals surface area contributed by atoms with E-state index in [1.807, 2.05) is 0 Å². The van der Waals surface area contributed by atoms with Crippen molar-refractivity contribution < 1.29 is 14.3 Å². The fraction of sp³-hybridized carbons (Fsp3) is 0.429. The summed E-state index contributed by atoms with van der Waals surface area (Å²) in [6.45, 7) is 5.32. The highest BCUT2D eigenvalue weighted by atomic mass is 79.9. The van der Waals surface area contributed by atoms with E-state index in [1.54, 1.807) is 32.9 Å². The number of hydrogen-bond acceptors (Lipinski definition) is 3. The molecule has 0 radical (unpaired) electrons. The lowest BCUT2D eigenvalue weighted by molar-refractivity contribution is -0.155. The van der Waals surface area contributed by atoms with Crippen molar-refractivity contribution in [2.45, 2.75) is 39.2 Å². The average Bonchev–Trinajstić information content (AvgIpc) is 2.35. The molecule has 1 N–H and O–H groups in total. The largest absolute Gasteiger partial charge is 0.460 e. The van der Waals surface area contributed by atoms with Crippen LogP contribution in [0.1, 0.15) is 33.6 Å². The third kappa shape index (κ3) is 6.24. The Morgan fingerprint density at radius 2 is 1.81 bits per heavy atom. The predicted octanol–water partition coefficient (Wildman–Crippen LogP) is 4.82. The maximum atomic E-state index is 11.8. The number of hydrogen-bond donors (Lipinski definition) is 1. The van der Waals surface area contributed by atoms with Gasteiger partial charge in [0.05, 0.1) is 22.2 Å². The highest BCUT2D eigenvalue weighted by Crippen LogP contribution is 2.35. The zero-order valence-electron chi connectivity index (χ0n) is 11.9. The first-order valence-corrected chi connectivity index (χ1v) is 7.80. The Labute approximate surface area is 142 Å². The van der Waals surface area contributed by atoms with Crippen LogP contribution >= 0.6 is 39.1 Å². The number of halogens is 3. The van der Waals surface area contributed by atoms with Crippen LogP contribution in [-0.4, -0.2) is 17.5 Å². The normalized spacial score (nSPS) is 11.1. The number of carbonyl (C=O) groups is 2. The summed E-state index contributed by atoms with van der Waals surface area (Å²) in [5.74, 6) is -0.751. The van der Waals surface area contributed by atoms with Crippen LogP contribution in [0.25, 0.3) is 0 Å². The fourth-order valence-electron chi connectivity index (χ4n) is 1.44. The van der Waals surface area contributed by atoms with E-state index in [0.29, 0.717) is 15.2 Å². The van der Waals surface area contributed by atoms with Crippen molar-refractivity contribution in [2.75, 3.05) is 5.32 Å². The van der Waals surface area contributed by atoms with Gasteiger partial charge in [0.1, 0.15) is 5.60 Å². The molecule has 0 aromatic heterocycles. The van der Waals surface area contributed by atoms with E-state index in [9.17, 15) is 9.59 Å². The van der Waals surface area contributed by atoms with Gasteiger partial charge in [-0.25, -0.2) is 0 Å². The van der Waals surface area contributed by atoms with Crippen LogP contribution in [0.4, 0.5) is 5.69 Å². The van der Waals surface area contributed by atoms with E-state index in [1.165, 1.54) is 0 Å². The van der Waals surface area contributed by atoms with Crippen LogP contribution in [0.2, 0.25) is 10.0 Å². The van der Waals surface area contributed by atoms with Gasteiger partial charge >= 0.3 is 5.97 Å². The summed E-state index contributed by atoms with van der Waals surface area (Å²) in [5.41, 5.74) is -0.158. The van der Waals surface area contributed by atoms with Crippen LogP contribution in [0.5, 0.6) is 0 Å². The molecule has 0 spiro atoms. The molecule has 0 bridgehead atoms. The number of amides is 1. The van der Waals surface area contributed by atoms with Gasteiger partial charge in [0.15, 0.2) is 0 Å². The van der Waals surface area contributed by atoms with Gasteiger partial charge in [0.2, 0.25) is 5.91 Å². The monoisotopic (exact) mass is 395 g/mol. The Kier molecular flexibility index (Phi) is 6.50. The zero-order valence-corrected chi connectivity index (χ0v) is 15.0. The lowest BCUT2D eigenvalue weighted by Gasteiger charge is -2.19. The maximum absolute atomic E-state index is 11.8. The summed E-state index contributed by atoms with van der Waals surface area (Å²) in [5, 5.41) is 3.18. The Morgan fingerprint density at radius 1 is 1.19 bits per heavy atom. The Morgan fingerprint density at radius 3 is 2.38 bits per heavy atom. The summed E-state index contributed by atoms with van der Waals surface area (Å²) in [7, 11) is 0. The van der Waals surface area contributed by atoms with Crippen LogP contribution in [0, 0.1) is 0 Å². The van der Waals surface area contributed by atoms with Crippen molar-refractivity contribution in [1.82, 2.24) is 0 Å². The molecule has 1 rings (SSSR count). The summed E-state index contributed by atoms with van der Waals surface area (Å²) < 4.78 is 5.76. The summed E-state index contributed by atoms with van der Waals surface area (Å²) in [6, 6.07) is 3.31. The first-order valence-electron chi connectivity index (χ1n) is 6.25. The van der Waals surface area contributed by atoms with Gasteiger partial charge in [-0.15, -0.1) is 0 Å². The molecule has 4 nitrogen and oxygen atoms in total. The van der Waals surface area contributed by atoms with Crippen LogP contribution < -0.4 is 5.32 Å². The van der Waals surface area contributed by atoms with E-state index in [2.05, 4.69) is 21.2 Å². The van der Waals surface area contributed by atoms with Crippen molar-refractivity contribution in [3.05, 3.63) is 26.7 Å². The summed E-state index contributed by atoms with van der Waals surface area (Å²) in [6.07, 6.45) is 0.0178. The van der Waals surface area contributed by atoms with Gasteiger partial charge in [-0.05, 0) is 48.8 Å². The Hall–Kier alpha value is -0.780. The van der Waals surface area contributed by atoms with Crippen molar-refractivity contribution in [2.24, 2.45) is 0 Å². The third-order valence-corrected chi connectivity index (χ3v) is 4.06. The van der Waals surface area contributed by atoms with Gasteiger partial charge in [0.25, 0.3) is 0 Å². The van der Waals surface area contributed by atoms with Gasteiger partial charge in [-0.1, -0.05) is 23.2 Å². The minimum absolute atomic E-state index is 0.00494. The maximum Gasteiger partial charge on any atom is 0.306 e. The van der Waals surface area contributed by atoms with E-state index in [0.717, 1.165) is 0 Å². The molecular formula is C14H16BrCl2NO3. The first kappa shape index (κ1) is 18.3. The Bertz CT molecular complexity index is 556. The second-order valence-electron chi connectivity index (χ2n) is 5.36. The molecule has 0 heterocycles. The summed E-state index contributed by atoms with van der Waals surface area (Å²) in [4.78, 5) is 23.3. The van der Waals surface area contributed by atoms with Crippen molar-refractivity contribution in [3.8, 4) is 0 Å². The van der Waals surface area contributed by atoms with Crippen LogP contribution in [0.3, 0.4) is 0 Å². The highest BCUT2D eigenvalue weighted by Gasteiger charge is 2.17. The molecule has 21 heavy (non-hydrogen) atoms. The third-order valence-electron chi connectivity index (χ3n) is 2.29. The molecule has 0 aliphatic heterocycles. The van der Waals surface area contributed by atoms with Gasteiger partial charge < -0.3 is 10.1 Å². The molecular weight excluding hydrogens is 381 g/mol. The lowest BCUT2D eigenvalue weighted by atomic mass is 10.2. The van der Waals surface area contributed by atoms with Crippen LogP contribution in [0.15, 0.2) is 16.6 Å². The summed E-state index contributed by atoms with van der Waals surface area (Å²) >= 11 is 15.2. The smallest absolute Gasteiger partial charge is 0.306 e. The molecule has 1 aromatic rings. The second-order valence-corrected chi connectivity index (χ2v) is 6.97. The fourth-order valence-corrected chi connectivity index (χ4v) is 2.26. The number of ether oxygens (including phenoxy) is 1. The number of nitrogens with one attached hydrogen (secondary N) is 1. The van der Waals surface area contributed by atoms with Crippen LogP contribution in [-0.2, 0) is 14.3 Å². The molecule has 0 aliphatic rings. The van der Waals surface area contributed by atoms with E-state index in [-0.39, 0.29) is 23.8 Å². The molecule has 0 unspecified atom stereocenters. The molecule has 1 aromatic carbocycles. The minimum Gasteiger partial charge on any atom is -0.460 e. The zero-order chi connectivity index (χ0) is 16.2. The number of anilines is 1. The number of rotatable bonds is 4. The highest BCUT2D eigenvalue weighted by molar-refractivity contribution is 9.10. The second kappa shape index (κ2) is 7.47. The molecule has 0 fully saturated rings. The number of carbonyl (C=O) groups excluding carboxylic acids is 2. The average molecular weight is 397 g/mol. The van der Waals surface area contributed by atoms with Gasteiger partial charge in [0, 0.05) is 10.9 Å². The first-order chi connectivity index (χ1) is 9.60. The lowest BCUT2D eigenvalue weighted by Crippen LogP contribution is -2.24.